The maximum Gasteiger partial charge on any atom is 0.407 e. The van der Waals surface area contributed by atoms with Crippen molar-refractivity contribution in [3.63, 3.8) is 0 Å². The van der Waals surface area contributed by atoms with Gasteiger partial charge in [-0.05, 0) is 161 Å². The zero-order valence-corrected chi connectivity index (χ0v) is 69.7. The third kappa shape index (κ3) is 34.1. The van der Waals surface area contributed by atoms with Gasteiger partial charge in [0.05, 0.1) is 6.04 Å². The van der Waals surface area contributed by atoms with Crippen molar-refractivity contribution in [2.24, 2.45) is 23.5 Å². The van der Waals surface area contributed by atoms with Crippen LogP contribution in [0.4, 0.5) is 4.79 Å². The molecular formula is C85H124N12O18. The zero-order valence-electron chi connectivity index (χ0n) is 69.7. The summed E-state index contributed by atoms with van der Waals surface area (Å²) in [5, 5.41) is 39.6. The summed E-state index contributed by atoms with van der Waals surface area (Å²) in [4.78, 5) is 197. The lowest BCUT2D eigenvalue weighted by atomic mass is 9.77. The van der Waals surface area contributed by atoms with E-state index in [0.29, 0.717) is 22.3 Å². The molecule has 0 bridgehead atoms. The Kier molecular flexibility index (Phi) is 38.6. The van der Waals surface area contributed by atoms with Crippen LogP contribution < -0.4 is 64.2 Å². The van der Waals surface area contributed by atoms with Gasteiger partial charge in [-0.2, -0.15) is 0 Å². The maximum atomic E-state index is 15.2. The Morgan fingerprint density at radius 1 is 0.409 bits per heavy atom. The Balaban J connectivity index is 1.73. The van der Waals surface area contributed by atoms with Gasteiger partial charge < -0.3 is 83.5 Å². The van der Waals surface area contributed by atoms with Crippen LogP contribution in [0.3, 0.4) is 0 Å². The molecule has 632 valence electrons. The zero-order chi connectivity index (χ0) is 86.1. The lowest BCUT2D eigenvalue weighted by Crippen LogP contribution is -2.60. The lowest BCUT2D eigenvalue weighted by Gasteiger charge is -2.37. The van der Waals surface area contributed by atoms with Gasteiger partial charge in [-0.1, -0.05) is 169 Å². The summed E-state index contributed by atoms with van der Waals surface area (Å²) in [6, 6.07) is 21.4. The molecule has 30 heteroatoms. The molecule has 115 heavy (non-hydrogen) atoms. The third-order valence-electron chi connectivity index (χ3n) is 18.3. The summed E-state index contributed by atoms with van der Waals surface area (Å²) in [5.41, 5.74) is 4.77. The van der Waals surface area contributed by atoms with Crippen molar-refractivity contribution in [3.8, 4) is 0 Å². The van der Waals surface area contributed by atoms with E-state index in [4.69, 9.17) is 19.9 Å². The Bertz CT molecular complexity index is 3790. The second kappa shape index (κ2) is 45.9. The number of unbranched alkanes of at least 4 members (excludes halogenated alkanes) is 1. The Morgan fingerprint density at radius 2 is 0.774 bits per heavy atom. The van der Waals surface area contributed by atoms with Gasteiger partial charge in [0, 0.05) is 32.2 Å². The van der Waals surface area contributed by atoms with Crippen LogP contribution in [0.15, 0.2) is 121 Å². The summed E-state index contributed by atoms with van der Waals surface area (Å²) in [6.07, 6.45) is -2.38. The largest absolute Gasteiger partial charge is 0.480 e. The maximum absolute atomic E-state index is 15.2. The molecule has 0 radical (unpaired) electrons. The van der Waals surface area contributed by atoms with E-state index in [1.54, 1.807) is 120 Å². The fourth-order valence-electron chi connectivity index (χ4n) is 12.3. The predicted molar refractivity (Wildman–Crippen MR) is 433 cm³/mol. The minimum Gasteiger partial charge on any atom is -0.480 e. The Morgan fingerprint density at radius 3 is 1.19 bits per heavy atom. The molecule has 4 aromatic carbocycles. The molecule has 0 spiro atoms. The number of esters is 2. The first-order chi connectivity index (χ1) is 53.8. The first-order valence-electron chi connectivity index (χ1n) is 39.5. The van der Waals surface area contributed by atoms with Gasteiger partial charge in [-0.25, -0.2) is 9.59 Å². The Labute approximate surface area is 676 Å². The minimum atomic E-state index is -1.73. The quantitative estimate of drug-likeness (QED) is 0.00957. The van der Waals surface area contributed by atoms with Gasteiger partial charge in [0.1, 0.15) is 76.7 Å². The van der Waals surface area contributed by atoms with Crippen LogP contribution in [0.1, 0.15) is 211 Å². The van der Waals surface area contributed by atoms with E-state index in [0.717, 1.165) is 0 Å². The van der Waals surface area contributed by atoms with E-state index < -0.39 is 203 Å². The van der Waals surface area contributed by atoms with Crippen molar-refractivity contribution in [1.82, 2.24) is 58.5 Å². The second-order valence-electron chi connectivity index (χ2n) is 32.7. The highest BCUT2D eigenvalue weighted by Gasteiger charge is 2.41. The lowest BCUT2D eigenvalue weighted by molar-refractivity contribution is -0.156. The highest BCUT2D eigenvalue weighted by Crippen LogP contribution is 2.37. The molecule has 4 rings (SSSR count). The highest BCUT2D eigenvalue weighted by molar-refractivity contribution is 5.99. The number of carboxylic acids is 1. The molecule has 0 aliphatic rings. The number of hydrogen-bond donors (Lipinski definition) is 13. The normalized spacial score (nSPS) is 14.6. The van der Waals surface area contributed by atoms with Crippen LogP contribution in [0.25, 0.3) is 0 Å². The van der Waals surface area contributed by atoms with Crippen molar-refractivity contribution < 1.29 is 86.4 Å². The fourth-order valence-corrected chi connectivity index (χ4v) is 12.3. The fraction of sp³-hybridized carbons (Fsp3) is 0.553. The molecule has 0 fully saturated rings. The van der Waals surface area contributed by atoms with Crippen molar-refractivity contribution in [2.45, 2.75) is 278 Å². The molecule has 0 heterocycles. The number of rotatable bonds is 44. The number of ether oxygens (including phenoxy) is 3. The van der Waals surface area contributed by atoms with Gasteiger partial charge in [0.25, 0.3) is 0 Å². The van der Waals surface area contributed by atoms with Gasteiger partial charge >= 0.3 is 24.0 Å². The van der Waals surface area contributed by atoms with E-state index in [2.05, 4.69) is 58.5 Å². The van der Waals surface area contributed by atoms with Crippen LogP contribution in [0, 0.1) is 17.8 Å². The van der Waals surface area contributed by atoms with E-state index in [1.807, 2.05) is 105 Å². The number of benzene rings is 4. The molecule has 0 unspecified atom stereocenters. The average Bonchev–Trinajstić information content (AvgIpc) is 0.753. The molecule has 11 amide bonds. The van der Waals surface area contributed by atoms with Gasteiger partial charge in [-0.15, -0.1) is 0 Å². The molecule has 0 aliphatic heterocycles. The molecule has 4 aromatic rings. The van der Waals surface area contributed by atoms with Crippen molar-refractivity contribution in [2.75, 3.05) is 6.54 Å². The first-order valence-corrected chi connectivity index (χ1v) is 39.5. The number of alkyl carbamates (subject to hydrolysis) is 1. The SMILES string of the molecule is CC[C@H](C)[C@H](NC(=O)[C@H](CCCCNC(=O)OC(C)(C)C)NC(=O)[C@H](CCC(=O)OC(C)(C)C)NC(=O)[C@@H](N)CC(C)C)C(=O)N[C@@H](C)C(=O)N[C@@H](C)C(=O)N[C@@H](CCC(=O)NC(c1ccccc1)(c1ccccc1)c1ccccc1)C(=O)N[C@@H](CCC(=O)OC(C)(C)C)C(=O)N[C@@H](Cc1ccccc1)C(=O)N[C@H](C(=O)O)C(C)C. The molecular weight excluding hydrogens is 1480 g/mol. The molecule has 0 aliphatic carbocycles. The molecule has 14 N–H and O–H groups in total. The number of amides is 11. The van der Waals surface area contributed by atoms with Crippen LogP contribution in [0.2, 0.25) is 0 Å². The third-order valence-corrected chi connectivity index (χ3v) is 18.3. The van der Waals surface area contributed by atoms with E-state index in [9.17, 15) is 67.4 Å². The van der Waals surface area contributed by atoms with Crippen molar-refractivity contribution in [1.29, 1.82) is 0 Å². The van der Waals surface area contributed by atoms with Crippen LogP contribution >= 0.6 is 0 Å². The van der Waals surface area contributed by atoms with E-state index in [-0.39, 0.29) is 63.8 Å². The smallest absolute Gasteiger partial charge is 0.407 e. The average molecular weight is 1600 g/mol. The molecule has 0 aromatic heterocycles. The van der Waals surface area contributed by atoms with Crippen LogP contribution in [-0.4, -0.2) is 172 Å². The summed E-state index contributed by atoms with van der Waals surface area (Å²) in [6.45, 7) is 28.0. The Hall–Kier alpha value is -10.8. The van der Waals surface area contributed by atoms with Crippen molar-refractivity contribution in [3.05, 3.63) is 144 Å². The number of carbonyl (C=O) groups is 14. The number of carbonyl (C=O) groups excluding carboxylic acids is 13. The number of nitrogens with two attached hydrogens (primary N) is 1. The van der Waals surface area contributed by atoms with Gasteiger partial charge in [0.15, 0.2) is 0 Å². The molecule has 30 nitrogen and oxygen atoms in total. The minimum absolute atomic E-state index is 0.00535. The molecule has 11 atom stereocenters. The van der Waals surface area contributed by atoms with Crippen LogP contribution in [0.5, 0.6) is 0 Å². The number of hydrogen-bond acceptors (Lipinski definition) is 18. The highest BCUT2D eigenvalue weighted by atomic mass is 16.6. The second-order valence-corrected chi connectivity index (χ2v) is 32.7. The standard InChI is InChI=1S/C85H124N12O18/c1-18-53(6)70(96-77(107)61(41-31-32-48-87-81(112)115-84(15,16)17)92-75(105)63(43-46-67(99)113-82(9,10)11)91-73(103)60(86)49-51(2)3)79(109)89-54(7)71(101)88-55(8)72(102)90-62(42-45-66(98)97-85(57-35-25-20-26-36-57,58-37-27-21-28-38-58)59-39-29-22-30-40-59)74(104)93-64(44-47-68(100)114-83(12,13)14)76(106)94-65(50-56-33-23-19-24-34-56)78(108)95-69(52(4)5)80(110)111/h19-30,33-40,51-55,60-65,69-70H,18,31-32,41-50,86H2,1-17H3,(H,87,112)(H,88,101)(H,89,109)(H,90,102)(H,91,103)(H,92,105)(H,93,104)(H,94,106)(H,95,108)(H,96,107)(H,97,98)(H,110,111)/t53-,54-,55-,60-,61-,62-,63-,64-,65-,69-,70-/m0/s1. The van der Waals surface area contributed by atoms with Gasteiger partial charge in [0.2, 0.25) is 59.1 Å². The number of aliphatic carboxylic acids is 1. The first kappa shape index (κ1) is 96.6. The molecule has 0 saturated carbocycles. The van der Waals surface area contributed by atoms with Crippen LogP contribution in [-0.2, 0) is 88.5 Å². The summed E-state index contributed by atoms with van der Waals surface area (Å²) >= 11 is 0. The van der Waals surface area contributed by atoms with E-state index >= 15 is 4.79 Å². The monoisotopic (exact) mass is 1600 g/mol. The summed E-state index contributed by atoms with van der Waals surface area (Å²) in [5.74, 6) is -12.8. The van der Waals surface area contributed by atoms with E-state index in [1.165, 1.54) is 13.8 Å². The van der Waals surface area contributed by atoms with Crippen molar-refractivity contribution >= 4 is 83.1 Å². The topological polar surface area (TPSA) is 445 Å². The number of carboxylic acid groups (broad SMARTS) is 1. The predicted octanol–water partition coefficient (Wildman–Crippen LogP) is 6.62. The van der Waals surface area contributed by atoms with Gasteiger partial charge in [-0.3, -0.25) is 57.5 Å². The number of nitrogens with one attached hydrogen (secondary N) is 11. The molecule has 0 saturated heterocycles. The summed E-state index contributed by atoms with van der Waals surface area (Å²) < 4.78 is 16.4. The summed E-state index contributed by atoms with van der Waals surface area (Å²) in [7, 11) is 0.